The van der Waals surface area contributed by atoms with Crippen LogP contribution >= 0.6 is 0 Å². The molecule has 0 fully saturated rings. The Bertz CT molecular complexity index is 1780. The first kappa shape index (κ1) is 34.9. The van der Waals surface area contributed by atoms with Crippen LogP contribution in [0.5, 0.6) is 0 Å². The Labute approximate surface area is 301 Å². The molecule has 2 heteroatoms. The highest BCUT2D eigenvalue weighted by Gasteiger charge is 2.44. The van der Waals surface area contributed by atoms with Gasteiger partial charge in [-0.1, -0.05) is 98.5 Å². The van der Waals surface area contributed by atoms with Crippen molar-refractivity contribution in [1.29, 1.82) is 0 Å². The molecule has 1 aliphatic carbocycles. The first-order valence-corrected chi connectivity index (χ1v) is 20.3. The summed E-state index contributed by atoms with van der Waals surface area (Å²) < 4.78 is 0. The van der Waals surface area contributed by atoms with Gasteiger partial charge in [0, 0.05) is 5.41 Å². The van der Waals surface area contributed by atoms with Crippen molar-refractivity contribution >= 4 is 21.8 Å². The van der Waals surface area contributed by atoms with Gasteiger partial charge < -0.3 is 0 Å². The lowest BCUT2D eigenvalue weighted by atomic mass is 9.74. The summed E-state index contributed by atoms with van der Waals surface area (Å²) in [5.41, 5.74) is 11.0. The highest BCUT2D eigenvalue weighted by atomic mass is 32.2. The van der Waals surface area contributed by atoms with Crippen LogP contribution in [0.25, 0.3) is 11.1 Å². The summed E-state index contributed by atoms with van der Waals surface area (Å²) in [5, 5.41) is 0. The number of aryl methyl sites for hydroxylation is 4. The van der Waals surface area contributed by atoms with Gasteiger partial charge in [0.05, 0.1) is 21.8 Å². The van der Waals surface area contributed by atoms with E-state index in [4.69, 9.17) is 0 Å². The third-order valence-electron chi connectivity index (χ3n) is 10.0. The van der Waals surface area contributed by atoms with E-state index in [0.717, 1.165) is 12.8 Å². The van der Waals surface area contributed by atoms with Crippen molar-refractivity contribution in [2.75, 3.05) is 0 Å². The van der Waals surface area contributed by atoms with Gasteiger partial charge in [0.25, 0.3) is 0 Å². The van der Waals surface area contributed by atoms with Gasteiger partial charge in [-0.2, -0.15) is 0 Å². The van der Waals surface area contributed by atoms with Crippen molar-refractivity contribution in [3.8, 4) is 11.1 Å². The number of benzene rings is 6. The molecule has 0 heterocycles. The van der Waals surface area contributed by atoms with Crippen LogP contribution in [0.1, 0.15) is 73.9 Å². The van der Waals surface area contributed by atoms with Crippen molar-refractivity contribution < 1.29 is 0 Å². The monoisotopic (exact) mass is 678 g/mol. The van der Waals surface area contributed by atoms with Crippen molar-refractivity contribution in [2.24, 2.45) is 0 Å². The van der Waals surface area contributed by atoms with E-state index in [1.54, 1.807) is 0 Å². The van der Waals surface area contributed by atoms with Crippen molar-refractivity contribution in [2.45, 2.75) is 103 Å². The van der Waals surface area contributed by atoms with Gasteiger partial charge in [-0.05, 0) is 148 Å². The number of fused-ring (bicyclic) bond motifs is 3. The highest BCUT2D eigenvalue weighted by molar-refractivity contribution is 7.97. The molecule has 0 radical (unpaired) electrons. The second-order valence-electron chi connectivity index (χ2n) is 13.1. The second-order valence-corrected chi connectivity index (χ2v) is 17.1. The molecule has 0 saturated carbocycles. The summed E-state index contributed by atoms with van der Waals surface area (Å²) in [6.07, 6.45) is 2.14. The van der Waals surface area contributed by atoms with E-state index in [9.17, 15) is 0 Å². The molecule has 0 aliphatic heterocycles. The molecule has 248 valence electrons. The molecular formula is C47H50S2+2. The fourth-order valence-electron chi connectivity index (χ4n) is 7.23. The molecule has 6 aromatic carbocycles. The summed E-state index contributed by atoms with van der Waals surface area (Å²) in [5.74, 6) is 0. The molecule has 0 spiro atoms. The van der Waals surface area contributed by atoms with E-state index in [1.807, 2.05) is 13.8 Å². The van der Waals surface area contributed by atoms with Crippen molar-refractivity contribution in [3.05, 3.63) is 167 Å². The lowest BCUT2D eigenvalue weighted by Crippen LogP contribution is -2.24. The zero-order valence-electron chi connectivity index (χ0n) is 30.4. The van der Waals surface area contributed by atoms with Crippen molar-refractivity contribution in [1.82, 2.24) is 0 Å². The van der Waals surface area contributed by atoms with Crippen LogP contribution in [0.15, 0.2) is 163 Å². The Hall–Kier alpha value is -3.98. The van der Waals surface area contributed by atoms with E-state index in [-0.39, 0.29) is 27.2 Å². The van der Waals surface area contributed by atoms with Gasteiger partial charge in [0.2, 0.25) is 0 Å². The Morgan fingerprint density at radius 3 is 0.857 bits per heavy atom. The Kier molecular flexibility index (Phi) is 10.6. The highest BCUT2D eigenvalue weighted by Crippen LogP contribution is 2.54. The maximum atomic E-state index is 2.57. The normalized spacial score (nSPS) is 12.8. The van der Waals surface area contributed by atoms with E-state index in [2.05, 4.69) is 175 Å². The van der Waals surface area contributed by atoms with Crippen LogP contribution in [0.2, 0.25) is 0 Å². The average Bonchev–Trinajstić information content (AvgIpc) is 3.41. The minimum absolute atomic E-state index is 0.0259. The Balaban J connectivity index is 0.00000205. The molecule has 0 atom stereocenters. The van der Waals surface area contributed by atoms with E-state index in [1.165, 1.54) is 73.9 Å². The second kappa shape index (κ2) is 14.9. The zero-order valence-corrected chi connectivity index (χ0v) is 32.1. The van der Waals surface area contributed by atoms with Crippen LogP contribution in [-0.2, 0) is 27.2 Å². The lowest BCUT2D eigenvalue weighted by molar-refractivity contribution is 0.488. The molecule has 0 bridgehead atoms. The lowest BCUT2D eigenvalue weighted by Gasteiger charge is -2.29. The summed E-state index contributed by atoms with van der Waals surface area (Å²) >= 11 is 0. The standard InChI is InChI=1S/C45H44S2.C2H6/c1-7-45(8-2)43-29-39(46(35-17-9-31(3)10-18-35)36-19-11-32(4)12-20-36)25-27-41(43)42-28-26-40(30-44(42)45)47(37-21-13-33(5)14-22-37)38-23-15-34(6)16-24-38;1-2/h9-30H,7-8H2,1-6H3;1-2H3/q+2;. The van der Waals surface area contributed by atoms with Gasteiger partial charge >= 0.3 is 0 Å². The topological polar surface area (TPSA) is 0 Å². The van der Waals surface area contributed by atoms with Crippen LogP contribution in [0.3, 0.4) is 0 Å². The number of rotatable bonds is 8. The molecule has 0 aromatic heterocycles. The molecule has 0 unspecified atom stereocenters. The van der Waals surface area contributed by atoms with Crippen LogP contribution in [-0.4, -0.2) is 0 Å². The number of hydrogen-bond acceptors (Lipinski definition) is 0. The van der Waals surface area contributed by atoms with E-state index < -0.39 is 0 Å². The Morgan fingerprint density at radius 2 is 0.612 bits per heavy atom. The third kappa shape index (κ3) is 6.66. The SMILES string of the molecule is CC.CCC1(CC)c2cc([S+](c3ccc(C)cc3)c3ccc(C)cc3)ccc2-c2ccc([S+](c3ccc(C)cc3)c3ccc(C)cc3)cc21. The van der Waals surface area contributed by atoms with Gasteiger partial charge in [-0.15, -0.1) is 0 Å². The van der Waals surface area contributed by atoms with Gasteiger partial charge in [0.1, 0.15) is 0 Å². The molecule has 0 N–H and O–H groups in total. The quantitative estimate of drug-likeness (QED) is 0.141. The Morgan fingerprint density at radius 1 is 0.367 bits per heavy atom. The summed E-state index contributed by atoms with van der Waals surface area (Å²) in [6, 6.07) is 51.5. The van der Waals surface area contributed by atoms with Gasteiger partial charge in [-0.25, -0.2) is 0 Å². The maximum Gasteiger partial charge on any atom is 0.166 e. The molecular weight excluding hydrogens is 629 g/mol. The summed E-state index contributed by atoms with van der Waals surface area (Å²) in [4.78, 5) is 8.28. The molecule has 0 saturated heterocycles. The zero-order chi connectivity index (χ0) is 34.7. The molecule has 6 aromatic rings. The van der Waals surface area contributed by atoms with E-state index >= 15 is 0 Å². The smallest absolute Gasteiger partial charge is 0.0683 e. The van der Waals surface area contributed by atoms with Gasteiger partial charge in [0.15, 0.2) is 29.4 Å². The minimum Gasteiger partial charge on any atom is -0.0683 e. The minimum atomic E-state index is -0.190. The molecule has 0 amide bonds. The van der Waals surface area contributed by atoms with Gasteiger partial charge in [-0.3, -0.25) is 0 Å². The van der Waals surface area contributed by atoms with Crippen LogP contribution < -0.4 is 0 Å². The average molecular weight is 679 g/mol. The largest absolute Gasteiger partial charge is 0.166 e. The first-order valence-electron chi connectivity index (χ1n) is 17.9. The predicted octanol–water partition coefficient (Wildman–Crippen LogP) is 13.2. The van der Waals surface area contributed by atoms with E-state index in [0.29, 0.717) is 0 Å². The predicted molar refractivity (Wildman–Crippen MR) is 214 cm³/mol. The molecule has 1 aliphatic rings. The van der Waals surface area contributed by atoms with Crippen LogP contribution in [0.4, 0.5) is 0 Å². The maximum absolute atomic E-state index is 2.57. The number of hydrogen-bond donors (Lipinski definition) is 0. The molecule has 49 heavy (non-hydrogen) atoms. The summed E-state index contributed by atoms with van der Waals surface area (Å²) in [6.45, 7) is 17.5. The fraction of sp³-hybridized carbons (Fsp3) is 0.234. The van der Waals surface area contributed by atoms with Crippen LogP contribution in [0, 0.1) is 27.7 Å². The first-order chi connectivity index (χ1) is 23.8. The summed E-state index contributed by atoms with van der Waals surface area (Å²) in [7, 11) is -0.380. The fourth-order valence-corrected chi connectivity index (χ4v) is 11.4. The molecule has 0 nitrogen and oxygen atoms in total. The van der Waals surface area contributed by atoms with Crippen molar-refractivity contribution in [3.63, 3.8) is 0 Å². The third-order valence-corrected chi connectivity index (χ3v) is 14.4. The molecule has 7 rings (SSSR count).